The Morgan fingerprint density at radius 2 is 1.66 bits per heavy atom. The van der Waals surface area contributed by atoms with Crippen LogP contribution in [0.15, 0.2) is 65.1 Å². The molecule has 7 nitrogen and oxygen atoms in total. The van der Waals surface area contributed by atoms with Gasteiger partial charge in [0.2, 0.25) is 5.91 Å². The summed E-state index contributed by atoms with van der Waals surface area (Å²) in [6.07, 6.45) is 0.605. The zero-order chi connectivity index (χ0) is 24.9. The molecule has 1 heterocycles. The van der Waals surface area contributed by atoms with Gasteiger partial charge in [-0.05, 0) is 53.9 Å². The zero-order valence-electron chi connectivity index (χ0n) is 19.8. The second-order valence-electron chi connectivity index (χ2n) is 8.11. The second kappa shape index (κ2) is 10.8. The molecule has 0 aliphatic carbocycles. The Morgan fingerprint density at radius 1 is 0.943 bits per heavy atom. The number of fused-ring (bicyclic) bond motifs is 1. The van der Waals surface area contributed by atoms with Gasteiger partial charge in [0.1, 0.15) is 11.8 Å². The molecule has 0 saturated heterocycles. The van der Waals surface area contributed by atoms with E-state index in [4.69, 9.17) is 14.2 Å². The number of amides is 2. The maximum absolute atomic E-state index is 13.4. The Labute approximate surface area is 213 Å². The van der Waals surface area contributed by atoms with Crippen molar-refractivity contribution in [3.05, 3.63) is 87.4 Å². The van der Waals surface area contributed by atoms with Crippen LogP contribution in [0, 0.1) is 0 Å². The van der Waals surface area contributed by atoms with Crippen LogP contribution in [0.4, 0.5) is 0 Å². The minimum Gasteiger partial charge on any atom is -0.496 e. The van der Waals surface area contributed by atoms with Crippen LogP contribution in [-0.4, -0.2) is 44.6 Å². The number of carbonyl (C=O) groups is 2. The van der Waals surface area contributed by atoms with Gasteiger partial charge in [-0.1, -0.05) is 40.2 Å². The van der Waals surface area contributed by atoms with Gasteiger partial charge < -0.3 is 24.4 Å². The van der Waals surface area contributed by atoms with E-state index in [1.165, 1.54) is 0 Å². The van der Waals surface area contributed by atoms with Gasteiger partial charge in [0.15, 0.2) is 11.5 Å². The zero-order valence-corrected chi connectivity index (χ0v) is 21.4. The Balaban J connectivity index is 1.53. The van der Waals surface area contributed by atoms with Crippen molar-refractivity contribution in [3.63, 3.8) is 0 Å². The molecule has 8 heteroatoms. The number of hydrogen-bond donors (Lipinski definition) is 1. The first-order valence-electron chi connectivity index (χ1n) is 11.2. The first-order valence-corrected chi connectivity index (χ1v) is 12.0. The molecule has 1 aliphatic heterocycles. The molecular formula is C27H27BrN2O5. The van der Waals surface area contributed by atoms with E-state index in [1.54, 1.807) is 32.3 Å². The molecule has 3 aromatic rings. The predicted octanol–water partition coefficient (Wildman–Crippen LogP) is 4.53. The minimum absolute atomic E-state index is 0.178. The molecule has 4 rings (SSSR count). The van der Waals surface area contributed by atoms with E-state index in [0.717, 1.165) is 15.6 Å². The summed E-state index contributed by atoms with van der Waals surface area (Å²) in [4.78, 5) is 28.3. The van der Waals surface area contributed by atoms with Gasteiger partial charge in [-0.3, -0.25) is 9.59 Å². The van der Waals surface area contributed by atoms with Crippen LogP contribution < -0.4 is 19.5 Å². The van der Waals surface area contributed by atoms with Gasteiger partial charge in [0, 0.05) is 22.1 Å². The quantitative estimate of drug-likeness (QED) is 0.433. The van der Waals surface area contributed by atoms with Gasteiger partial charge in [-0.2, -0.15) is 0 Å². The van der Waals surface area contributed by atoms with Crippen LogP contribution in [0.5, 0.6) is 17.2 Å². The maximum Gasteiger partial charge on any atom is 0.255 e. The van der Waals surface area contributed by atoms with Gasteiger partial charge in [-0.25, -0.2) is 0 Å². The largest absolute Gasteiger partial charge is 0.496 e. The summed E-state index contributed by atoms with van der Waals surface area (Å²) in [5.74, 6) is 1.55. The first-order chi connectivity index (χ1) is 17.0. The minimum atomic E-state index is -0.729. The van der Waals surface area contributed by atoms with E-state index in [9.17, 15) is 9.59 Å². The fourth-order valence-corrected chi connectivity index (χ4v) is 4.74. The molecule has 1 atom stereocenters. The summed E-state index contributed by atoms with van der Waals surface area (Å²) < 4.78 is 17.0. The van der Waals surface area contributed by atoms with Crippen LogP contribution in [0.1, 0.15) is 33.1 Å². The maximum atomic E-state index is 13.4. The van der Waals surface area contributed by atoms with Gasteiger partial charge in [-0.15, -0.1) is 0 Å². The van der Waals surface area contributed by atoms with Crippen molar-refractivity contribution in [2.75, 3.05) is 27.9 Å². The highest BCUT2D eigenvalue weighted by atomic mass is 79.9. The molecular weight excluding hydrogens is 512 g/mol. The smallest absolute Gasteiger partial charge is 0.255 e. The molecule has 0 radical (unpaired) electrons. The lowest BCUT2D eigenvalue weighted by molar-refractivity contribution is -0.125. The number of hydrogen-bond acceptors (Lipinski definition) is 5. The summed E-state index contributed by atoms with van der Waals surface area (Å²) in [6.45, 7) is 0.652. The number of rotatable bonds is 9. The normalized spacial score (nSPS) is 14.5. The topological polar surface area (TPSA) is 77.1 Å². The third kappa shape index (κ3) is 5.12. The van der Waals surface area contributed by atoms with Crippen molar-refractivity contribution in [1.29, 1.82) is 0 Å². The van der Waals surface area contributed by atoms with Crippen molar-refractivity contribution in [1.82, 2.24) is 10.2 Å². The number of ether oxygens (including phenoxy) is 3. The fourth-order valence-electron chi connectivity index (χ4n) is 4.33. The molecule has 1 aliphatic rings. The summed E-state index contributed by atoms with van der Waals surface area (Å²) in [5, 5.41) is 3.01. The molecule has 0 bridgehead atoms. The highest BCUT2D eigenvalue weighted by Gasteiger charge is 2.41. The van der Waals surface area contributed by atoms with Crippen LogP contribution in [-0.2, 0) is 17.8 Å². The Kier molecular flexibility index (Phi) is 7.60. The predicted molar refractivity (Wildman–Crippen MR) is 136 cm³/mol. The number of methoxy groups -OCH3 is 3. The molecule has 3 aromatic carbocycles. The molecule has 35 heavy (non-hydrogen) atoms. The molecule has 1 N–H and O–H groups in total. The molecule has 0 unspecified atom stereocenters. The molecule has 2 amide bonds. The Morgan fingerprint density at radius 3 is 2.40 bits per heavy atom. The fraction of sp³-hybridized carbons (Fsp3) is 0.259. The lowest BCUT2D eigenvalue weighted by atomic mass is 10.0. The number of halogens is 1. The van der Waals surface area contributed by atoms with E-state index in [-0.39, 0.29) is 18.4 Å². The molecule has 0 saturated carbocycles. The van der Waals surface area contributed by atoms with Gasteiger partial charge in [0.05, 0.1) is 27.9 Å². The van der Waals surface area contributed by atoms with Crippen molar-refractivity contribution in [3.8, 4) is 17.2 Å². The number of carbonyl (C=O) groups excluding carboxylic acids is 2. The SMILES string of the molecule is COc1ccc(Br)cc1CN1C(=O)c2ccccc2[C@@H]1C(=O)NCCc1ccc(OC)c(OC)c1. The monoisotopic (exact) mass is 538 g/mol. The van der Waals surface area contributed by atoms with Gasteiger partial charge >= 0.3 is 0 Å². The van der Waals surface area contributed by atoms with Crippen LogP contribution in [0.2, 0.25) is 0 Å². The molecule has 0 aromatic heterocycles. The average molecular weight is 539 g/mol. The Hall–Kier alpha value is -3.52. The third-order valence-corrected chi connectivity index (χ3v) is 6.54. The third-order valence-electron chi connectivity index (χ3n) is 6.05. The van der Waals surface area contributed by atoms with Crippen molar-refractivity contribution in [2.45, 2.75) is 19.0 Å². The highest BCUT2D eigenvalue weighted by molar-refractivity contribution is 9.10. The summed E-state index contributed by atoms with van der Waals surface area (Å²) in [6, 6.07) is 17.8. The van der Waals surface area contributed by atoms with Crippen LogP contribution in [0.3, 0.4) is 0 Å². The Bertz CT molecular complexity index is 1250. The average Bonchev–Trinajstić information content (AvgIpc) is 3.15. The van der Waals surface area contributed by atoms with Crippen molar-refractivity contribution in [2.24, 2.45) is 0 Å². The molecule has 0 spiro atoms. The van der Waals surface area contributed by atoms with Crippen molar-refractivity contribution >= 4 is 27.7 Å². The number of nitrogens with zero attached hydrogens (tertiary/aromatic N) is 1. The highest BCUT2D eigenvalue weighted by Crippen LogP contribution is 2.37. The number of benzene rings is 3. The molecule has 0 fully saturated rings. The van der Waals surface area contributed by atoms with E-state index in [0.29, 0.717) is 41.3 Å². The standard InChI is InChI=1S/C27H27BrN2O5/c1-33-22-11-9-19(28)15-18(22)16-30-25(20-6-4-5-7-21(20)27(30)32)26(31)29-13-12-17-8-10-23(34-2)24(14-17)35-3/h4-11,14-15,25H,12-13,16H2,1-3H3,(H,29,31)/t25-/m1/s1. The van der Waals surface area contributed by atoms with E-state index < -0.39 is 6.04 Å². The summed E-state index contributed by atoms with van der Waals surface area (Å²) >= 11 is 3.48. The summed E-state index contributed by atoms with van der Waals surface area (Å²) in [7, 11) is 4.77. The van der Waals surface area contributed by atoms with E-state index in [1.807, 2.05) is 54.6 Å². The van der Waals surface area contributed by atoms with Gasteiger partial charge in [0.25, 0.3) is 5.91 Å². The van der Waals surface area contributed by atoms with Crippen molar-refractivity contribution < 1.29 is 23.8 Å². The second-order valence-corrected chi connectivity index (χ2v) is 9.03. The van der Waals surface area contributed by atoms with Crippen LogP contribution >= 0.6 is 15.9 Å². The molecule has 182 valence electrons. The first kappa shape index (κ1) is 24.6. The lowest BCUT2D eigenvalue weighted by Crippen LogP contribution is -2.39. The van der Waals surface area contributed by atoms with Crippen LogP contribution in [0.25, 0.3) is 0 Å². The van der Waals surface area contributed by atoms with E-state index >= 15 is 0 Å². The van der Waals surface area contributed by atoms with E-state index in [2.05, 4.69) is 21.2 Å². The number of nitrogens with one attached hydrogen (secondary N) is 1. The lowest BCUT2D eigenvalue weighted by Gasteiger charge is -2.25. The summed E-state index contributed by atoms with van der Waals surface area (Å²) in [5.41, 5.74) is 3.06.